The first-order valence-electron chi connectivity index (χ1n) is 11.8. The molecule has 0 rings (SSSR count). The summed E-state index contributed by atoms with van der Waals surface area (Å²) in [4.78, 5) is 46.3. The van der Waals surface area contributed by atoms with Crippen LogP contribution in [-0.2, 0) is 9.59 Å². The molecule has 0 aliphatic carbocycles. The quantitative estimate of drug-likeness (QED) is 0.0322. The molecule has 0 aromatic heterocycles. The van der Waals surface area contributed by atoms with E-state index in [-0.39, 0.29) is 6.42 Å². The fraction of sp³-hybridized carbons (Fsp3) is 0.762. The van der Waals surface area contributed by atoms with E-state index < -0.39 is 23.9 Å². The number of Topliss-reactive ketones (excluding diaryl/α,β-unsaturated/α-hetero) is 1. The number of carboxylic acid groups (broad SMARTS) is 2. The Labute approximate surface area is 200 Å². The fourth-order valence-electron chi connectivity index (χ4n) is 2.83. The number of amides is 3. The standard InChI is InChI=1S/C21H41N7O6/c29-18(19(30)27-17-28-21(33)34)8-3-1-2-4-9-23-14-15-25-16-24-11-6-5-10-22-12-7-13-26-20(31)32/h17,22-26H,1-16H2,(H,31,32)(H,33,34)(H,27,28,30). The normalized spacial score (nSPS) is 10.9. The van der Waals surface area contributed by atoms with E-state index >= 15 is 0 Å². The molecule has 0 heterocycles. The van der Waals surface area contributed by atoms with E-state index in [1.165, 1.54) is 0 Å². The number of nitrogens with zero attached hydrogens (tertiary/aromatic N) is 1. The van der Waals surface area contributed by atoms with Crippen LogP contribution in [0.25, 0.3) is 0 Å². The lowest BCUT2D eigenvalue weighted by Crippen LogP contribution is -2.35. The number of carbonyl (C=O) groups is 4. The predicted octanol–water partition coefficient (Wildman–Crippen LogP) is 0.0823. The van der Waals surface area contributed by atoms with Crippen LogP contribution < -0.4 is 31.9 Å². The monoisotopic (exact) mass is 487 g/mol. The minimum Gasteiger partial charge on any atom is -0.465 e. The van der Waals surface area contributed by atoms with E-state index in [2.05, 4.69) is 31.6 Å². The van der Waals surface area contributed by atoms with Crippen LogP contribution in [0.15, 0.2) is 4.99 Å². The summed E-state index contributed by atoms with van der Waals surface area (Å²) in [6, 6.07) is 0. The molecule has 34 heavy (non-hydrogen) atoms. The van der Waals surface area contributed by atoms with Crippen LogP contribution in [0, 0.1) is 0 Å². The summed E-state index contributed by atoms with van der Waals surface area (Å²) in [5.41, 5.74) is 0. The van der Waals surface area contributed by atoms with Gasteiger partial charge in [0.15, 0.2) is 0 Å². The van der Waals surface area contributed by atoms with Gasteiger partial charge in [-0.1, -0.05) is 12.8 Å². The van der Waals surface area contributed by atoms with Gasteiger partial charge in [-0.2, -0.15) is 4.99 Å². The van der Waals surface area contributed by atoms with E-state index in [4.69, 9.17) is 10.2 Å². The Balaban J connectivity index is 3.24. The van der Waals surface area contributed by atoms with Crippen LogP contribution >= 0.6 is 0 Å². The number of ketones is 1. The highest BCUT2D eigenvalue weighted by Gasteiger charge is 2.11. The van der Waals surface area contributed by atoms with Crippen molar-refractivity contribution in [2.45, 2.75) is 51.4 Å². The molecule has 0 aliphatic rings. The van der Waals surface area contributed by atoms with Gasteiger partial charge in [0.1, 0.15) is 6.34 Å². The second-order valence-electron chi connectivity index (χ2n) is 7.57. The lowest BCUT2D eigenvalue weighted by molar-refractivity contribution is -0.137. The Morgan fingerprint density at radius 3 is 1.91 bits per heavy atom. The largest absolute Gasteiger partial charge is 0.465 e. The average Bonchev–Trinajstić information content (AvgIpc) is 2.79. The Morgan fingerprint density at radius 1 is 0.647 bits per heavy atom. The second kappa shape index (κ2) is 23.5. The van der Waals surface area contributed by atoms with Crippen molar-refractivity contribution in [2.75, 3.05) is 52.5 Å². The molecule has 0 saturated heterocycles. The molecule has 0 radical (unpaired) electrons. The molecule has 0 atom stereocenters. The SMILES string of the molecule is O=C(O)N=CNC(=O)C(=O)CCCCCCNCCNCNCCCCNCCCNC(=O)O. The Kier molecular flexibility index (Phi) is 21.7. The van der Waals surface area contributed by atoms with Crippen molar-refractivity contribution >= 4 is 30.2 Å². The fourth-order valence-corrected chi connectivity index (χ4v) is 2.83. The summed E-state index contributed by atoms with van der Waals surface area (Å²) in [5.74, 6) is -1.42. The Morgan fingerprint density at radius 2 is 1.21 bits per heavy atom. The average molecular weight is 488 g/mol. The molecule has 0 unspecified atom stereocenters. The maximum atomic E-state index is 11.6. The third-order valence-electron chi connectivity index (χ3n) is 4.62. The molecule has 0 saturated carbocycles. The zero-order valence-corrected chi connectivity index (χ0v) is 19.9. The summed E-state index contributed by atoms with van der Waals surface area (Å²) in [6.07, 6.45) is 4.80. The van der Waals surface area contributed by atoms with Crippen LogP contribution in [0.3, 0.4) is 0 Å². The highest BCUT2D eigenvalue weighted by molar-refractivity contribution is 6.38. The molecule has 0 bridgehead atoms. The Bertz CT molecular complexity index is 604. The lowest BCUT2D eigenvalue weighted by Gasteiger charge is -2.08. The smallest absolute Gasteiger partial charge is 0.432 e. The van der Waals surface area contributed by atoms with Crippen molar-refractivity contribution in [3.8, 4) is 0 Å². The van der Waals surface area contributed by atoms with Crippen LogP contribution in [-0.4, -0.2) is 92.9 Å². The van der Waals surface area contributed by atoms with E-state index in [0.717, 1.165) is 84.5 Å². The second-order valence-corrected chi connectivity index (χ2v) is 7.57. The first-order chi connectivity index (χ1) is 16.4. The van der Waals surface area contributed by atoms with Crippen molar-refractivity contribution < 1.29 is 29.4 Å². The predicted molar refractivity (Wildman–Crippen MR) is 129 cm³/mol. The molecule has 13 heteroatoms. The van der Waals surface area contributed by atoms with E-state index in [9.17, 15) is 19.2 Å². The van der Waals surface area contributed by atoms with Crippen molar-refractivity contribution in [3.05, 3.63) is 0 Å². The third kappa shape index (κ3) is 24.0. The number of unbranched alkanes of at least 4 members (excludes halogenated alkanes) is 4. The van der Waals surface area contributed by atoms with E-state index in [0.29, 0.717) is 19.3 Å². The van der Waals surface area contributed by atoms with Gasteiger partial charge in [-0.05, 0) is 58.3 Å². The van der Waals surface area contributed by atoms with Crippen LogP contribution in [0.4, 0.5) is 9.59 Å². The summed E-state index contributed by atoms with van der Waals surface area (Å²) < 4.78 is 0. The van der Waals surface area contributed by atoms with Crippen LogP contribution in [0.2, 0.25) is 0 Å². The molecule has 3 amide bonds. The van der Waals surface area contributed by atoms with Gasteiger partial charge in [0.25, 0.3) is 5.91 Å². The third-order valence-corrected chi connectivity index (χ3v) is 4.62. The van der Waals surface area contributed by atoms with Crippen molar-refractivity contribution in [2.24, 2.45) is 4.99 Å². The van der Waals surface area contributed by atoms with Gasteiger partial charge in [-0.25, -0.2) is 9.59 Å². The van der Waals surface area contributed by atoms with E-state index in [1.807, 2.05) is 5.32 Å². The molecule has 0 spiro atoms. The highest BCUT2D eigenvalue weighted by Crippen LogP contribution is 2.03. The maximum absolute atomic E-state index is 11.6. The summed E-state index contributed by atoms with van der Waals surface area (Å²) in [7, 11) is 0. The number of aliphatic imine (C=N–C) groups is 1. The van der Waals surface area contributed by atoms with Crippen molar-refractivity contribution in [1.29, 1.82) is 0 Å². The number of carbonyl (C=O) groups excluding carboxylic acids is 2. The van der Waals surface area contributed by atoms with Crippen molar-refractivity contribution in [1.82, 2.24) is 31.9 Å². The highest BCUT2D eigenvalue weighted by atomic mass is 16.4. The van der Waals surface area contributed by atoms with Gasteiger partial charge in [0, 0.05) is 32.7 Å². The maximum Gasteiger partial charge on any atom is 0.432 e. The van der Waals surface area contributed by atoms with Crippen LogP contribution in [0.1, 0.15) is 51.4 Å². The summed E-state index contributed by atoms with van der Waals surface area (Å²) in [6.45, 7) is 6.57. The number of hydrogen-bond acceptors (Lipinski definition) is 8. The molecule has 8 N–H and O–H groups in total. The molecule has 0 fully saturated rings. The lowest BCUT2D eigenvalue weighted by atomic mass is 10.1. The number of hydrogen-bond donors (Lipinski definition) is 8. The Hall–Kier alpha value is -2.61. The first-order valence-corrected chi connectivity index (χ1v) is 11.8. The molecule has 196 valence electrons. The van der Waals surface area contributed by atoms with Crippen molar-refractivity contribution in [3.63, 3.8) is 0 Å². The van der Waals surface area contributed by atoms with E-state index in [1.54, 1.807) is 0 Å². The van der Waals surface area contributed by atoms with Gasteiger partial charge >= 0.3 is 12.2 Å². The molecule has 0 aliphatic heterocycles. The minimum absolute atomic E-state index is 0.139. The zero-order chi connectivity index (χ0) is 25.3. The summed E-state index contributed by atoms with van der Waals surface area (Å²) in [5, 5.41) is 34.4. The molecular formula is C21H41N7O6. The molecule has 0 aromatic rings. The van der Waals surface area contributed by atoms with Gasteiger partial charge in [0.2, 0.25) is 5.78 Å². The summed E-state index contributed by atoms with van der Waals surface area (Å²) >= 11 is 0. The number of rotatable bonds is 23. The van der Waals surface area contributed by atoms with Gasteiger partial charge < -0.3 is 42.1 Å². The van der Waals surface area contributed by atoms with Gasteiger partial charge in [-0.3, -0.25) is 9.59 Å². The zero-order valence-electron chi connectivity index (χ0n) is 19.9. The first kappa shape index (κ1) is 31.4. The van der Waals surface area contributed by atoms with Crippen LogP contribution in [0.5, 0.6) is 0 Å². The minimum atomic E-state index is -1.44. The topological polar surface area (TPSA) is 193 Å². The van der Waals surface area contributed by atoms with Gasteiger partial charge in [0.05, 0.1) is 0 Å². The molecular weight excluding hydrogens is 446 g/mol. The van der Waals surface area contributed by atoms with Gasteiger partial charge in [-0.15, -0.1) is 0 Å². The molecule has 13 nitrogen and oxygen atoms in total. The number of nitrogens with one attached hydrogen (secondary N) is 6. The molecule has 0 aromatic carbocycles.